The Morgan fingerprint density at radius 1 is 1.15 bits per heavy atom. The van der Waals surface area contributed by atoms with Crippen LogP contribution in [0.15, 0.2) is 54.6 Å². The third-order valence-electron chi connectivity index (χ3n) is 3.75. The van der Waals surface area contributed by atoms with Gasteiger partial charge in [-0.15, -0.1) is 0 Å². The molecular formula is C20H16ClN5O. The van der Waals surface area contributed by atoms with Gasteiger partial charge in [-0.05, 0) is 42.8 Å². The smallest absolute Gasteiger partial charge is 0.274 e. The number of aromatic nitrogens is 2. The fourth-order valence-corrected chi connectivity index (χ4v) is 2.55. The lowest BCUT2D eigenvalue weighted by Crippen LogP contribution is -2.16. The highest BCUT2D eigenvalue weighted by Gasteiger charge is 2.13. The molecule has 0 bridgehead atoms. The van der Waals surface area contributed by atoms with Gasteiger partial charge in [0.25, 0.3) is 5.91 Å². The zero-order valence-electron chi connectivity index (χ0n) is 14.5. The van der Waals surface area contributed by atoms with E-state index in [0.717, 1.165) is 5.56 Å². The van der Waals surface area contributed by atoms with Crippen molar-refractivity contribution in [1.82, 2.24) is 9.97 Å². The van der Waals surface area contributed by atoms with E-state index in [9.17, 15) is 4.79 Å². The molecule has 6 nitrogen and oxygen atoms in total. The summed E-state index contributed by atoms with van der Waals surface area (Å²) < 4.78 is 0. The molecule has 27 heavy (non-hydrogen) atoms. The third kappa shape index (κ3) is 4.81. The van der Waals surface area contributed by atoms with Crippen molar-refractivity contribution in [1.29, 1.82) is 5.26 Å². The minimum Gasteiger partial charge on any atom is -0.350 e. The van der Waals surface area contributed by atoms with Gasteiger partial charge in [-0.3, -0.25) is 4.79 Å². The molecule has 0 radical (unpaired) electrons. The normalized spacial score (nSPS) is 10.1. The lowest BCUT2D eigenvalue weighted by molar-refractivity contribution is 0.102. The zero-order valence-corrected chi connectivity index (χ0v) is 15.3. The summed E-state index contributed by atoms with van der Waals surface area (Å²) in [5.41, 5.74) is 2.71. The number of carbonyl (C=O) groups is 1. The maximum atomic E-state index is 12.5. The molecule has 0 aliphatic carbocycles. The number of nitriles is 1. The number of anilines is 2. The topological polar surface area (TPSA) is 90.7 Å². The zero-order chi connectivity index (χ0) is 19.2. The largest absolute Gasteiger partial charge is 0.350 e. The molecule has 1 aromatic heterocycles. The van der Waals surface area contributed by atoms with Gasteiger partial charge in [0.15, 0.2) is 0 Å². The summed E-state index contributed by atoms with van der Waals surface area (Å²) in [6.07, 6.45) is 0. The van der Waals surface area contributed by atoms with Crippen LogP contribution in [0, 0.1) is 18.3 Å². The molecule has 0 unspecified atom stereocenters. The number of amides is 1. The van der Waals surface area contributed by atoms with Gasteiger partial charge in [0.1, 0.15) is 11.8 Å². The number of halogens is 1. The predicted molar refractivity (Wildman–Crippen MR) is 105 cm³/mol. The Bertz CT molecular complexity index is 1010. The highest BCUT2D eigenvalue weighted by molar-refractivity contribution is 6.30. The summed E-state index contributed by atoms with van der Waals surface area (Å²) in [5, 5.41) is 15.6. The van der Waals surface area contributed by atoms with Gasteiger partial charge in [-0.2, -0.15) is 5.26 Å². The standard InChI is InChI=1S/C20H16ClN5O/c1-13-10-18(19(27)25-17-5-3-2-4-15(17)11-22)26-20(24-13)23-12-14-6-8-16(21)9-7-14/h2-10H,12H2,1H3,(H,25,27)(H,23,24,26). The molecule has 3 rings (SSSR count). The first-order valence-electron chi connectivity index (χ1n) is 8.19. The quantitative estimate of drug-likeness (QED) is 0.696. The van der Waals surface area contributed by atoms with Gasteiger partial charge in [-0.1, -0.05) is 35.9 Å². The maximum absolute atomic E-state index is 12.5. The Balaban J connectivity index is 1.75. The van der Waals surface area contributed by atoms with E-state index in [1.165, 1.54) is 0 Å². The number of benzene rings is 2. The summed E-state index contributed by atoms with van der Waals surface area (Å²) in [6, 6.07) is 17.9. The molecule has 0 saturated carbocycles. The molecule has 2 N–H and O–H groups in total. The van der Waals surface area contributed by atoms with Crippen molar-refractivity contribution in [3.63, 3.8) is 0 Å². The van der Waals surface area contributed by atoms with Gasteiger partial charge >= 0.3 is 0 Å². The van der Waals surface area contributed by atoms with E-state index in [4.69, 9.17) is 16.9 Å². The SMILES string of the molecule is Cc1cc(C(=O)Nc2ccccc2C#N)nc(NCc2ccc(Cl)cc2)n1. The molecule has 0 spiro atoms. The van der Waals surface area contributed by atoms with Crippen molar-refractivity contribution in [3.8, 4) is 6.07 Å². The average Bonchev–Trinajstić information content (AvgIpc) is 2.67. The van der Waals surface area contributed by atoms with E-state index in [1.807, 2.05) is 18.2 Å². The lowest BCUT2D eigenvalue weighted by atomic mass is 10.2. The van der Waals surface area contributed by atoms with Crippen LogP contribution in [0.25, 0.3) is 0 Å². The Hall–Kier alpha value is -3.43. The second-order valence-electron chi connectivity index (χ2n) is 5.81. The third-order valence-corrected chi connectivity index (χ3v) is 4.00. The minimum absolute atomic E-state index is 0.217. The molecular weight excluding hydrogens is 362 g/mol. The molecule has 0 atom stereocenters. The minimum atomic E-state index is -0.405. The monoisotopic (exact) mass is 377 g/mol. The summed E-state index contributed by atoms with van der Waals surface area (Å²) >= 11 is 5.88. The van der Waals surface area contributed by atoms with Crippen LogP contribution in [0.3, 0.4) is 0 Å². The number of hydrogen-bond acceptors (Lipinski definition) is 5. The number of rotatable bonds is 5. The van der Waals surface area contributed by atoms with Crippen molar-refractivity contribution in [3.05, 3.63) is 82.1 Å². The van der Waals surface area contributed by atoms with E-state index in [0.29, 0.717) is 34.5 Å². The molecule has 0 aliphatic heterocycles. The van der Waals surface area contributed by atoms with Crippen LogP contribution in [0.2, 0.25) is 5.02 Å². The number of aryl methyl sites for hydroxylation is 1. The van der Waals surface area contributed by atoms with Crippen molar-refractivity contribution >= 4 is 29.1 Å². The molecule has 0 fully saturated rings. The van der Waals surface area contributed by atoms with Crippen LogP contribution in [0.1, 0.15) is 27.3 Å². The second kappa shape index (κ2) is 8.30. The number of carbonyl (C=O) groups excluding carboxylic acids is 1. The highest BCUT2D eigenvalue weighted by atomic mass is 35.5. The summed E-state index contributed by atoms with van der Waals surface area (Å²) in [4.78, 5) is 21.1. The highest BCUT2D eigenvalue weighted by Crippen LogP contribution is 2.16. The molecule has 3 aromatic rings. The lowest BCUT2D eigenvalue weighted by Gasteiger charge is -2.10. The van der Waals surface area contributed by atoms with Crippen LogP contribution < -0.4 is 10.6 Å². The van der Waals surface area contributed by atoms with Crippen molar-refractivity contribution < 1.29 is 4.79 Å². The molecule has 1 amide bonds. The van der Waals surface area contributed by atoms with Crippen molar-refractivity contribution in [2.45, 2.75) is 13.5 Å². The Morgan fingerprint density at radius 2 is 1.89 bits per heavy atom. The molecule has 0 aliphatic rings. The van der Waals surface area contributed by atoms with Crippen LogP contribution in [0.4, 0.5) is 11.6 Å². The van der Waals surface area contributed by atoms with Gasteiger partial charge in [-0.25, -0.2) is 9.97 Å². The van der Waals surface area contributed by atoms with E-state index in [1.54, 1.807) is 49.4 Å². The Kier molecular flexibility index (Phi) is 5.64. The number of para-hydroxylation sites is 1. The molecule has 0 saturated heterocycles. The van der Waals surface area contributed by atoms with Gasteiger partial charge < -0.3 is 10.6 Å². The van der Waals surface area contributed by atoms with E-state index in [-0.39, 0.29) is 5.69 Å². The van der Waals surface area contributed by atoms with Crippen LogP contribution in [-0.4, -0.2) is 15.9 Å². The first-order valence-corrected chi connectivity index (χ1v) is 8.57. The number of nitrogens with one attached hydrogen (secondary N) is 2. The first kappa shape index (κ1) is 18.4. The molecule has 1 heterocycles. The summed E-state index contributed by atoms with van der Waals surface area (Å²) in [6.45, 7) is 2.29. The first-order chi connectivity index (χ1) is 13.0. The maximum Gasteiger partial charge on any atom is 0.274 e. The van der Waals surface area contributed by atoms with Gasteiger partial charge in [0, 0.05) is 17.3 Å². The van der Waals surface area contributed by atoms with Crippen LogP contribution in [-0.2, 0) is 6.54 Å². The summed E-state index contributed by atoms with van der Waals surface area (Å²) in [5.74, 6) is -0.0542. The Morgan fingerprint density at radius 3 is 2.63 bits per heavy atom. The van der Waals surface area contributed by atoms with Crippen molar-refractivity contribution in [2.75, 3.05) is 10.6 Å². The fourth-order valence-electron chi connectivity index (χ4n) is 2.42. The van der Waals surface area contributed by atoms with Gasteiger partial charge in [0.2, 0.25) is 5.95 Å². The second-order valence-corrected chi connectivity index (χ2v) is 6.25. The molecule has 7 heteroatoms. The average molecular weight is 378 g/mol. The Labute approximate surface area is 161 Å². The number of hydrogen-bond donors (Lipinski definition) is 2. The molecule has 134 valence electrons. The predicted octanol–water partition coefficient (Wildman–Crippen LogP) is 4.17. The van der Waals surface area contributed by atoms with E-state index >= 15 is 0 Å². The van der Waals surface area contributed by atoms with Gasteiger partial charge in [0.05, 0.1) is 11.3 Å². The fraction of sp³-hybridized carbons (Fsp3) is 0.100. The van der Waals surface area contributed by atoms with E-state index in [2.05, 4.69) is 20.6 Å². The number of nitrogens with zero attached hydrogens (tertiary/aromatic N) is 3. The van der Waals surface area contributed by atoms with Crippen LogP contribution in [0.5, 0.6) is 0 Å². The summed E-state index contributed by atoms with van der Waals surface area (Å²) in [7, 11) is 0. The van der Waals surface area contributed by atoms with Crippen molar-refractivity contribution in [2.24, 2.45) is 0 Å². The van der Waals surface area contributed by atoms with E-state index < -0.39 is 5.91 Å². The molecule has 2 aromatic carbocycles. The van der Waals surface area contributed by atoms with Crippen LogP contribution >= 0.6 is 11.6 Å².